The molecule has 3 aromatic rings. The van der Waals surface area contributed by atoms with Crippen molar-refractivity contribution in [3.8, 4) is 5.75 Å². The second-order valence-electron chi connectivity index (χ2n) is 6.23. The SMILES string of the molecule is Cl.O=C(Nc1nnc(COc2ccc(F)cc2F)s1)c1ccc2c(c1)CCNC2. The Labute approximate surface area is 175 Å². The number of aromatic nitrogens is 2. The summed E-state index contributed by atoms with van der Waals surface area (Å²) in [5, 5.41) is 14.6. The number of hydrogen-bond donors (Lipinski definition) is 2. The lowest BCUT2D eigenvalue weighted by molar-refractivity contribution is 0.102. The fourth-order valence-corrected chi connectivity index (χ4v) is 3.53. The average Bonchev–Trinajstić information content (AvgIpc) is 3.14. The molecule has 0 saturated heterocycles. The number of hydrogen-bond acceptors (Lipinski definition) is 6. The van der Waals surface area contributed by atoms with Crippen molar-refractivity contribution >= 4 is 34.8 Å². The zero-order chi connectivity index (χ0) is 19.5. The predicted octanol–water partition coefficient (Wildman–Crippen LogP) is 3.72. The summed E-state index contributed by atoms with van der Waals surface area (Å²) in [7, 11) is 0. The third kappa shape index (κ3) is 5.06. The molecule has 0 radical (unpaired) electrons. The maximum atomic E-state index is 13.6. The van der Waals surface area contributed by atoms with E-state index in [1.54, 1.807) is 6.07 Å². The summed E-state index contributed by atoms with van der Waals surface area (Å²) in [6.45, 7) is 1.67. The third-order valence-electron chi connectivity index (χ3n) is 4.29. The molecule has 6 nitrogen and oxygen atoms in total. The van der Waals surface area contributed by atoms with Crippen LogP contribution in [0.4, 0.5) is 13.9 Å². The Hall–Kier alpha value is -2.62. The summed E-state index contributed by atoms with van der Waals surface area (Å²) < 4.78 is 31.8. The van der Waals surface area contributed by atoms with E-state index in [2.05, 4.69) is 20.8 Å². The van der Waals surface area contributed by atoms with Crippen LogP contribution in [0, 0.1) is 11.6 Å². The first-order valence-electron chi connectivity index (χ1n) is 8.62. The Balaban J connectivity index is 0.00000240. The first-order chi connectivity index (χ1) is 13.6. The van der Waals surface area contributed by atoms with Crippen LogP contribution >= 0.6 is 23.7 Å². The standard InChI is InChI=1S/C19H16F2N4O2S.ClH/c20-14-3-4-16(15(21)8-14)27-10-17-24-25-19(28-17)23-18(26)12-1-2-13-9-22-6-5-11(13)7-12;/h1-4,7-8,22H,5-6,9-10H2,(H,23,25,26);1H. The predicted molar refractivity (Wildman–Crippen MR) is 108 cm³/mol. The van der Waals surface area contributed by atoms with Gasteiger partial charge in [-0.15, -0.1) is 22.6 Å². The number of amides is 1. The van der Waals surface area contributed by atoms with Gasteiger partial charge in [0.05, 0.1) is 0 Å². The van der Waals surface area contributed by atoms with Crippen molar-refractivity contribution in [1.29, 1.82) is 0 Å². The van der Waals surface area contributed by atoms with Gasteiger partial charge in [0, 0.05) is 18.2 Å². The van der Waals surface area contributed by atoms with Gasteiger partial charge in [-0.25, -0.2) is 8.78 Å². The number of ether oxygens (including phenoxy) is 1. The van der Waals surface area contributed by atoms with Gasteiger partial charge < -0.3 is 10.1 Å². The number of anilines is 1. The van der Waals surface area contributed by atoms with Gasteiger partial charge in [0.25, 0.3) is 5.91 Å². The van der Waals surface area contributed by atoms with Crippen LogP contribution in [0.15, 0.2) is 36.4 Å². The van der Waals surface area contributed by atoms with Gasteiger partial charge in [0.2, 0.25) is 5.13 Å². The van der Waals surface area contributed by atoms with Gasteiger partial charge in [-0.2, -0.15) is 0 Å². The van der Waals surface area contributed by atoms with Crippen LogP contribution in [0.3, 0.4) is 0 Å². The Kier molecular flexibility index (Phi) is 6.73. The number of nitrogens with one attached hydrogen (secondary N) is 2. The van der Waals surface area contributed by atoms with Crippen LogP contribution in [-0.4, -0.2) is 22.6 Å². The number of benzene rings is 2. The zero-order valence-corrected chi connectivity index (χ0v) is 16.7. The molecular formula is C19H17ClF2N4O2S. The topological polar surface area (TPSA) is 76.1 Å². The van der Waals surface area contributed by atoms with E-state index >= 15 is 0 Å². The van der Waals surface area contributed by atoms with Gasteiger partial charge in [0.1, 0.15) is 12.4 Å². The monoisotopic (exact) mass is 438 g/mol. The molecule has 1 aromatic heterocycles. The van der Waals surface area contributed by atoms with Crippen LogP contribution in [-0.2, 0) is 19.6 Å². The Morgan fingerprint density at radius 2 is 2.03 bits per heavy atom. The molecule has 2 aromatic carbocycles. The summed E-state index contributed by atoms with van der Waals surface area (Å²) in [6.07, 6.45) is 0.886. The molecular weight excluding hydrogens is 422 g/mol. The van der Waals surface area contributed by atoms with E-state index < -0.39 is 11.6 Å². The van der Waals surface area contributed by atoms with Gasteiger partial charge in [-0.3, -0.25) is 10.1 Å². The van der Waals surface area contributed by atoms with Crippen LogP contribution in [0.5, 0.6) is 5.75 Å². The molecule has 2 heterocycles. The van der Waals surface area contributed by atoms with E-state index in [1.807, 2.05) is 12.1 Å². The molecule has 0 unspecified atom stereocenters. The molecule has 0 aliphatic carbocycles. The molecule has 1 amide bonds. The highest BCUT2D eigenvalue weighted by Crippen LogP contribution is 2.22. The minimum atomic E-state index is -0.791. The number of carbonyl (C=O) groups excluding carboxylic acids is 1. The van der Waals surface area contributed by atoms with E-state index in [1.165, 1.54) is 17.2 Å². The summed E-state index contributed by atoms with van der Waals surface area (Å²) in [6, 6.07) is 8.69. The maximum absolute atomic E-state index is 13.6. The molecule has 1 aliphatic heterocycles. The molecule has 0 saturated carbocycles. The molecule has 1 aliphatic rings. The second kappa shape index (κ2) is 9.25. The first-order valence-corrected chi connectivity index (χ1v) is 9.44. The quantitative estimate of drug-likeness (QED) is 0.635. The van der Waals surface area contributed by atoms with E-state index in [-0.39, 0.29) is 30.7 Å². The van der Waals surface area contributed by atoms with E-state index in [9.17, 15) is 13.6 Å². The molecule has 0 spiro atoms. The van der Waals surface area contributed by atoms with E-state index in [0.717, 1.165) is 43.0 Å². The molecule has 4 rings (SSSR count). The lowest BCUT2D eigenvalue weighted by Gasteiger charge is -2.17. The Bertz CT molecular complexity index is 1030. The van der Waals surface area contributed by atoms with Crippen LogP contribution in [0.1, 0.15) is 26.5 Å². The normalized spacial score (nSPS) is 12.6. The fraction of sp³-hybridized carbons (Fsp3) is 0.211. The third-order valence-corrected chi connectivity index (χ3v) is 5.10. The number of halogens is 3. The van der Waals surface area contributed by atoms with Crippen molar-refractivity contribution in [1.82, 2.24) is 15.5 Å². The largest absolute Gasteiger partial charge is 0.483 e. The van der Waals surface area contributed by atoms with Gasteiger partial charge in [-0.1, -0.05) is 17.4 Å². The Morgan fingerprint density at radius 1 is 1.17 bits per heavy atom. The molecule has 152 valence electrons. The number of carbonyl (C=O) groups is 1. The van der Waals surface area contributed by atoms with Crippen molar-refractivity contribution in [3.63, 3.8) is 0 Å². The highest BCUT2D eigenvalue weighted by atomic mass is 35.5. The summed E-state index contributed by atoms with van der Waals surface area (Å²) in [5.41, 5.74) is 2.92. The van der Waals surface area contributed by atoms with Crippen molar-refractivity contribution < 1.29 is 18.3 Å². The summed E-state index contributed by atoms with van der Waals surface area (Å²) in [4.78, 5) is 12.5. The average molecular weight is 439 g/mol. The maximum Gasteiger partial charge on any atom is 0.257 e. The highest BCUT2D eigenvalue weighted by Gasteiger charge is 2.15. The second-order valence-corrected chi connectivity index (χ2v) is 7.29. The van der Waals surface area contributed by atoms with E-state index in [0.29, 0.717) is 15.7 Å². The Morgan fingerprint density at radius 3 is 2.86 bits per heavy atom. The molecule has 29 heavy (non-hydrogen) atoms. The number of rotatable bonds is 5. The molecule has 10 heteroatoms. The lowest BCUT2D eigenvalue weighted by Crippen LogP contribution is -2.24. The molecule has 0 atom stereocenters. The fourth-order valence-electron chi connectivity index (χ4n) is 2.88. The van der Waals surface area contributed by atoms with Crippen LogP contribution in [0.2, 0.25) is 0 Å². The number of nitrogens with zero attached hydrogens (tertiary/aromatic N) is 2. The van der Waals surface area contributed by atoms with Gasteiger partial charge >= 0.3 is 0 Å². The van der Waals surface area contributed by atoms with Crippen molar-refractivity contribution in [2.75, 3.05) is 11.9 Å². The van der Waals surface area contributed by atoms with Crippen molar-refractivity contribution in [2.24, 2.45) is 0 Å². The summed E-state index contributed by atoms with van der Waals surface area (Å²) >= 11 is 1.13. The van der Waals surface area contributed by atoms with Crippen LogP contribution < -0.4 is 15.4 Å². The van der Waals surface area contributed by atoms with Crippen molar-refractivity contribution in [2.45, 2.75) is 19.6 Å². The van der Waals surface area contributed by atoms with Gasteiger partial charge in [-0.05, 0) is 48.4 Å². The van der Waals surface area contributed by atoms with E-state index in [4.69, 9.17) is 4.74 Å². The summed E-state index contributed by atoms with van der Waals surface area (Å²) in [5.74, 6) is -1.81. The minimum Gasteiger partial charge on any atom is -0.483 e. The molecule has 0 fully saturated rings. The van der Waals surface area contributed by atoms with Crippen molar-refractivity contribution in [3.05, 3.63) is 69.7 Å². The lowest BCUT2D eigenvalue weighted by atomic mass is 9.98. The molecule has 0 bridgehead atoms. The van der Waals surface area contributed by atoms with Gasteiger partial charge in [0.15, 0.2) is 16.6 Å². The first kappa shape index (κ1) is 21.1. The highest BCUT2D eigenvalue weighted by molar-refractivity contribution is 7.15. The minimum absolute atomic E-state index is 0. The number of fused-ring (bicyclic) bond motifs is 1. The zero-order valence-electron chi connectivity index (χ0n) is 15.1. The smallest absolute Gasteiger partial charge is 0.257 e. The van der Waals surface area contributed by atoms with Crippen LogP contribution in [0.25, 0.3) is 0 Å². The molecule has 2 N–H and O–H groups in total.